The van der Waals surface area contributed by atoms with Crippen molar-refractivity contribution in [2.24, 2.45) is 0 Å². The molecule has 0 aromatic rings. The first-order chi connectivity index (χ1) is 8.25. The normalized spacial score (nSPS) is 31.2. The number of thioether (sulfide) groups is 1. The average Bonchev–Trinajstić information content (AvgIpc) is 2.82. The van der Waals surface area contributed by atoms with Crippen LogP contribution in [0.2, 0.25) is 0 Å². The zero-order valence-corrected chi connectivity index (χ0v) is 12.0. The van der Waals surface area contributed by atoms with E-state index in [4.69, 9.17) is 4.74 Å². The summed E-state index contributed by atoms with van der Waals surface area (Å²) < 4.78 is 5.81. The molecule has 2 fully saturated rings. The Morgan fingerprint density at radius 2 is 2.29 bits per heavy atom. The van der Waals surface area contributed by atoms with E-state index in [0.717, 1.165) is 38.0 Å². The maximum atomic E-state index is 5.81. The SMILES string of the molecule is CC(C)N1CCOC(CNCC2CCCS2)C1. The lowest BCUT2D eigenvalue weighted by Gasteiger charge is -2.35. The predicted octanol–water partition coefficient (Wildman–Crippen LogP) is 1.58. The Labute approximate surface area is 110 Å². The fraction of sp³-hybridized carbons (Fsp3) is 1.00. The molecule has 0 aliphatic carbocycles. The van der Waals surface area contributed by atoms with Crippen LogP contribution in [-0.2, 0) is 4.74 Å². The lowest BCUT2D eigenvalue weighted by Crippen LogP contribution is -2.49. The lowest BCUT2D eigenvalue weighted by atomic mass is 10.2. The van der Waals surface area contributed by atoms with Crippen molar-refractivity contribution >= 4 is 11.8 Å². The number of hydrogen-bond donors (Lipinski definition) is 1. The highest BCUT2D eigenvalue weighted by atomic mass is 32.2. The number of hydrogen-bond acceptors (Lipinski definition) is 4. The minimum absolute atomic E-state index is 0.387. The van der Waals surface area contributed by atoms with Crippen LogP contribution < -0.4 is 5.32 Å². The molecule has 2 saturated heterocycles. The zero-order valence-electron chi connectivity index (χ0n) is 11.2. The van der Waals surface area contributed by atoms with Crippen LogP contribution in [0.1, 0.15) is 26.7 Å². The van der Waals surface area contributed by atoms with Crippen LogP contribution in [0.4, 0.5) is 0 Å². The molecule has 2 aliphatic rings. The maximum Gasteiger partial charge on any atom is 0.0826 e. The molecule has 0 aromatic carbocycles. The van der Waals surface area contributed by atoms with Crippen molar-refractivity contribution in [2.45, 2.75) is 44.1 Å². The molecule has 3 nitrogen and oxygen atoms in total. The monoisotopic (exact) mass is 258 g/mol. The second-order valence-electron chi connectivity index (χ2n) is 5.37. The highest BCUT2D eigenvalue weighted by Gasteiger charge is 2.22. The van der Waals surface area contributed by atoms with Crippen molar-refractivity contribution in [1.29, 1.82) is 0 Å². The Hall–Kier alpha value is 0.230. The first-order valence-electron chi connectivity index (χ1n) is 6.93. The Kier molecular flexibility index (Phi) is 5.60. The summed E-state index contributed by atoms with van der Waals surface area (Å²) >= 11 is 2.12. The smallest absolute Gasteiger partial charge is 0.0826 e. The van der Waals surface area contributed by atoms with Gasteiger partial charge in [-0.3, -0.25) is 4.90 Å². The van der Waals surface area contributed by atoms with Crippen LogP contribution >= 0.6 is 11.8 Å². The van der Waals surface area contributed by atoms with Gasteiger partial charge in [0, 0.05) is 37.5 Å². The quantitative estimate of drug-likeness (QED) is 0.809. The van der Waals surface area contributed by atoms with Crippen molar-refractivity contribution in [3.63, 3.8) is 0 Å². The molecular formula is C13H26N2OS. The van der Waals surface area contributed by atoms with Gasteiger partial charge < -0.3 is 10.1 Å². The van der Waals surface area contributed by atoms with Crippen molar-refractivity contribution in [1.82, 2.24) is 10.2 Å². The van der Waals surface area contributed by atoms with Gasteiger partial charge in [0.25, 0.3) is 0 Å². The van der Waals surface area contributed by atoms with Crippen LogP contribution in [-0.4, -0.2) is 60.8 Å². The molecule has 1 N–H and O–H groups in total. The van der Waals surface area contributed by atoms with Gasteiger partial charge in [-0.25, -0.2) is 0 Å². The number of ether oxygens (including phenoxy) is 1. The molecule has 2 rings (SSSR count). The van der Waals surface area contributed by atoms with E-state index in [1.807, 2.05) is 0 Å². The lowest BCUT2D eigenvalue weighted by molar-refractivity contribution is -0.0370. The molecule has 0 saturated carbocycles. The van der Waals surface area contributed by atoms with Crippen molar-refractivity contribution in [3.05, 3.63) is 0 Å². The fourth-order valence-corrected chi connectivity index (χ4v) is 3.78. The highest BCUT2D eigenvalue weighted by Crippen LogP contribution is 2.25. The number of rotatable bonds is 5. The van der Waals surface area contributed by atoms with Crippen molar-refractivity contribution in [2.75, 3.05) is 38.5 Å². The van der Waals surface area contributed by atoms with E-state index in [2.05, 4.69) is 35.8 Å². The van der Waals surface area contributed by atoms with Gasteiger partial charge in [0.1, 0.15) is 0 Å². The van der Waals surface area contributed by atoms with E-state index in [1.165, 1.54) is 18.6 Å². The summed E-state index contributed by atoms with van der Waals surface area (Å²) in [7, 11) is 0. The fourth-order valence-electron chi connectivity index (χ4n) is 2.55. The van der Waals surface area contributed by atoms with Crippen LogP contribution in [0.15, 0.2) is 0 Å². The maximum absolute atomic E-state index is 5.81. The summed E-state index contributed by atoms with van der Waals surface area (Å²) in [5.74, 6) is 1.35. The third-order valence-corrected chi connectivity index (χ3v) is 5.07. The molecule has 4 heteroatoms. The average molecular weight is 258 g/mol. The summed E-state index contributed by atoms with van der Waals surface area (Å²) in [6.07, 6.45) is 3.18. The van der Waals surface area contributed by atoms with Gasteiger partial charge in [-0.2, -0.15) is 11.8 Å². The molecular weight excluding hydrogens is 232 g/mol. The van der Waals surface area contributed by atoms with Gasteiger partial charge in [-0.1, -0.05) is 0 Å². The van der Waals surface area contributed by atoms with E-state index >= 15 is 0 Å². The van der Waals surface area contributed by atoms with Gasteiger partial charge in [0.2, 0.25) is 0 Å². The summed E-state index contributed by atoms with van der Waals surface area (Å²) in [4.78, 5) is 2.51. The van der Waals surface area contributed by atoms with Crippen molar-refractivity contribution < 1.29 is 4.74 Å². The number of nitrogens with one attached hydrogen (secondary N) is 1. The van der Waals surface area contributed by atoms with E-state index in [9.17, 15) is 0 Å². The predicted molar refractivity (Wildman–Crippen MR) is 74.8 cm³/mol. The first kappa shape index (κ1) is 13.7. The van der Waals surface area contributed by atoms with Crippen molar-refractivity contribution in [3.8, 4) is 0 Å². The van der Waals surface area contributed by atoms with E-state index in [0.29, 0.717) is 12.1 Å². The molecule has 0 bridgehead atoms. The van der Waals surface area contributed by atoms with Crippen LogP contribution in [0.25, 0.3) is 0 Å². The van der Waals surface area contributed by atoms with E-state index < -0.39 is 0 Å². The topological polar surface area (TPSA) is 24.5 Å². The third kappa shape index (κ3) is 4.43. The molecule has 17 heavy (non-hydrogen) atoms. The third-order valence-electron chi connectivity index (χ3n) is 3.67. The summed E-state index contributed by atoms with van der Waals surface area (Å²) in [6, 6.07) is 0.645. The zero-order chi connectivity index (χ0) is 12.1. The Balaban J connectivity index is 1.61. The Morgan fingerprint density at radius 3 is 3.00 bits per heavy atom. The summed E-state index contributed by atoms with van der Waals surface area (Å²) in [5, 5.41) is 4.43. The van der Waals surface area contributed by atoms with Crippen LogP contribution in [0.5, 0.6) is 0 Å². The van der Waals surface area contributed by atoms with Gasteiger partial charge in [-0.15, -0.1) is 0 Å². The highest BCUT2D eigenvalue weighted by molar-refractivity contribution is 8.00. The minimum Gasteiger partial charge on any atom is -0.374 e. The molecule has 0 spiro atoms. The van der Waals surface area contributed by atoms with Crippen LogP contribution in [0.3, 0.4) is 0 Å². The first-order valence-corrected chi connectivity index (χ1v) is 7.98. The molecule has 0 radical (unpaired) electrons. The molecule has 0 aromatic heterocycles. The molecule has 100 valence electrons. The molecule has 2 unspecified atom stereocenters. The van der Waals surface area contributed by atoms with Gasteiger partial charge in [-0.05, 0) is 32.4 Å². The standard InChI is InChI=1S/C13H26N2OS/c1-11(2)15-5-6-16-12(10-15)8-14-9-13-4-3-7-17-13/h11-14H,3-10H2,1-2H3. The van der Waals surface area contributed by atoms with E-state index in [1.54, 1.807) is 0 Å². The largest absolute Gasteiger partial charge is 0.374 e. The Bertz CT molecular complexity index is 219. The van der Waals surface area contributed by atoms with Gasteiger partial charge >= 0.3 is 0 Å². The second kappa shape index (κ2) is 6.98. The number of nitrogens with zero attached hydrogens (tertiary/aromatic N) is 1. The minimum atomic E-state index is 0.387. The van der Waals surface area contributed by atoms with Gasteiger partial charge in [0.15, 0.2) is 0 Å². The van der Waals surface area contributed by atoms with Gasteiger partial charge in [0.05, 0.1) is 12.7 Å². The van der Waals surface area contributed by atoms with Crippen LogP contribution in [0, 0.1) is 0 Å². The second-order valence-corrected chi connectivity index (χ2v) is 6.78. The van der Waals surface area contributed by atoms with E-state index in [-0.39, 0.29) is 0 Å². The molecule has 2 aliphatic heterocycles. The molecule has 0 amide bonds. The molecule has 2 atom stereocenters. The summed E-state index contributed by atoms with van der Waals surface area (Å²) in [6.45, 7) is 9.78. The molecule has 2 heterocycles. The Morgan fingerprint density at radius 1 is 1.41 bits per heavy atom. The number of morpholine rings is 1. The summed E-state index contributed by atoms with van der Waals surface area (Å²) in [5.41, 5.74) is 0.